The summed E-state index contributed by atoms with van der Waals surface area (Å²) in [4.78, 5) is 15.3. The minimum Gasteiger partial charge on any atom is -0.396 e. The molecule has 0 saturated heterocycles. The number of amides is 2. The molecule has 0 radical (unpaired) electrons. The van der Waals surface area contributed by atoms with Crippen molar-refractivity contribution in [1.82, 2.24) is 15.6 Å². The number of urea groups is 1. The van der Waals surface area contributed by atoms with E-state index in [-0.39, 0.29) is 18.6 Å². The molecule has 0 aliphatic rings. The number of aliphatic hydroxyl groups excluding tert-OH is 1. The molecule has 1 unspecified atom stereocenters. The SMILES string of the molecule is O=C(NCCCO)NCC(c1ccc(Cl)cc1Cl)c1c[nH]c2ccccc12. The summed E-state index contributed by atoms with van der Waals surface area (Å²) in [5, 5.41) is 16.6. The van der Waals surface area contributed by atoms with Crippen LogP contribution in [-0.4, -0.2) is 35.8 Å². The van der Waals surface area contributed by atoms with Gasteiger partial charge in [-0.1, -0.05) is 47.5 Å². The average Bonchev–Trinajstić information content (AvgIpc) is 3.08. The lowest BCUT2D eigenvalue weighted by Crippen LogP contribution is -2.38. The lowest BCUT2D eigenvalue weighted by Gasteiger charge is -2.20. The van der Waals surface area contributed by atoms with E-state index in [4.69, 9.17) is 28.3 Å². The maximum Gasteiger partial charge on any atom is 0.314 e. The fourth-order valence-corrected chi connectivity index (χ4v) is 3.63. The lowest BCUT2D eigenvalue weighted by atomic mass is 9.91. The maximum atomic E-state index is 12.1. The third kappa shape index (κ3) is 4.75. The molecular formula is C20H21Cl2N3O2. The van der Waals surface area contributed by atoms with Crippen molar-refractivity contribution in [3.63, 3.8) is 0 Å². The molecule has 3 rings (SSSR count). The van der Waals surface area contributed by atoms with E-state index in [2.05, 4.69) is 15.6 Å². The first kappa shape index (κ1) is 19.5. The fraction of sp³-hybridized carbons (Fsp3) is 0.250. The summed E-state index contributed by atoms with van der Waals surface area (Å²) in [5.41, 5.74) is 2.96. The first-order valence-corrected chi connectivity index (χ1v) is 9.49. The molecule has 1 atom stereocenters. The number of aromatic nitrogens is 1. The fourth-order valence-electron chi connectivity index (χ4n) is 3.09. The Morgan fingerprint density at radius 2 is 1.93 bits per heavy atom. The van der Waals surface area contributed by atoms with Crippen molar-refractivity contribution in [3.8, 4) is 0 Å². The van der Waals surface area contributed by atoms with Crippen LogP contribution in [0.1, 0.15) is 23.5 Å². The third-order valence-electron chi connectivity index (χ3n) is 4.42. The van der Waals surface area contributed by atoms with Gasteiger partial charge < -0.3 is 20.7 Å². The van der Waals surface area contributed by atoms with Gasteiger partial charge in [0.1, 0.15) is 0 Å². The molecule has 2 amide bonds. The van der Waals surface area contributed by atoms with Gasteiger partial charge in [0.2, 0.25) is 0 Å². The number of para-hydroxylation sites is 1. The van der Waals surface area contributed by atoms with Crippen LogP contribution in [0.15, 0.2) is 48.7 Å². The Morgan fingerprint density at radius 3 is 2.70 bits per heavy atom. The quantitative estimate of drug-likeness (QED) is 0.442. The molecule has 7 heteroatoms. The summed E-state index contributed by atoms with van der Waals surface area (Å²) in [5.74, 6) is -0.144. The van der Waals surface area contributed by atoms with Gasteiger partial charge >= 0.3 is 6.03 Å². The molecule has 0 aliphatic heterocycles. The normalized spacial score (nSPS) is 12.1. The molecule has 2 aromatic carbocycles. The van der Waals surface area contributed by atoms with E-state index in [9.17, 15) is 4.79 Å². The van der Waals surface area contributed by atoms with Crippen LogP contribution in [0.4, 0.5) is 4.79 Å². The smallest absolute Gasteiger partial charge is 0.314 e. The highest BCUT2D eigenvalue weighted by Crippen LogP contribution is 2.35. The van der Waals surface area contributed by atoms with E-state index >= 15 is 0 Å². The number of fused-ring (bicyclic) bond motifs is 1. The van der Waals surface area contributed by atoms with Gasteiger partial charge in [-0.25, -0.2) is 4.79 Å². The highest BCUT2D eigenvalue weighted by molar-refractivity contribution is 6.35. The van der Waals surface area contributed by atoms with Gasteiger partial charge in [0, 0.05) is 52.8 Å². The number of aromatic amines is 1. The Kier molecular flexibility index (Phi) is 6.61. The first-order valence-electron chi connectivity index (χ1n) is 8.73. The zero-order chi connectivity index (χ0) is 19.2. The van der Waals surface area contributed by atoms with Crippen LogP contribution in [0, 0.1) is 0 Å². The zero-order valence-corrected chi connectivity index (χ0v) is 16.1. The van der Waals surface area contributed by atoms with Crippen molar-refractivity contribution >= 4 is 40.1 Å². The van der Waals surface area contributed by atoms with Gasteiger partial charge in [-0.3, -0.25) is 0 Å². The van der Waals surface area contributed by atoms with Crippen LogP contribution >= 0.6 is 23.2 Å². The lowest BCUT2D eigenvalue weighted by molar-refractivity contribution is 0.238. The largest absolute Gasteiger partial charge is 0.396 e. The van der Waals surface area contributed by atoms with Crippen LogP contribution in [-0.2, 0) is 0 Å². The topological polar surface area (TPSA) is 77.2 Å². The predicted molar refractivity (Wildman–Crippen MR) is 110 cm³/mol. The third-order valence-corrected chi connectivity index (χ3v) is 4.98. The Morgan fingerprint density at radius 1 is 1.11 bits per heavy atom. The minimum absolute atomic E-state index is 0.0403. The Hall–Kier alpha value is -2.21. The number of hydrogen-bond donors (Lipinski definition) is 4. The Bertz CT molecular complexity index is 926. The van der Waals surface area contributed by atoms with E-state index < -0.39 is 0 Å². The molecule has 3 aromatic rings. The van der Waals surface area contributed by atoms with E-state index in [0.717, 1.165) is 22.0 Å². The van der Waals surface area contributed by atoms with Crippen molar-refractivity contribution in [2.45, 2.75) is 12.3 Å². The molecule has 5 nitrogen and oxygen atoms in total. The van der Waals surface area contributed by atoms with Crippen molar-refractivity contribution in [2.24, 2.45) is 0 Å². The van der Waals surface area contributed by atoms with Crippen molar-refractivity contribution in [2.75, 3.05) is 19.7 Å². The van der Waals surface area contributed by atoms with Crippen molar-refractivity contribution in [1.29, 1.82) is 0 Å². The van der Waals surface area contributed by atoms with Gasteiger partial charge in [-0.15, -0.1) is 0 Å². The Labute approximate surface area is 167 Å². The number of carbonyl (C=O) groups excluding carboxylic acids is 1. The average molecular weight is 406 g/mol. The summed E-state index contributed by atoms with van der Waals surface area (Å²) in [7, 11) is 0. The highest BCUT2D eigenvalue weighted by Gasteiger charge is 2.21. The summed E-state index contributed by atoms with van der Waals surface area (Å²) < 4.78 is 0. The molecule has 0 bridgehead atoms. The number of benzene rings is 2. The molecule has 4 N–H and O–H groups in total. The summed E-state index contributed by atoms with van der Waals surface area (Å²) in [6.45, 7) is 0.828. The van der Waals surface area contributed by atoms with Crippen LogP contribution in [0.5, 0.6) is 0 Å². The molecule has 0 spiro atoms. The molecule has 1 heterocycles. The number of halogens is 2. The molecule has 142 valence electrons. The van der Waals surface area contributed by atoms with Gasteiger partial charge in [0.05, 0.1) is 0 Å². The van der Waals surface area contributed by atoms with Gasteiger partial charge in [-0.05, 0) is 35.7 Å². The molecular weight excluding hydrogens is 385 g/mol. The molecule has 27 heavy (non-hydrogen) atoms. The van der Waals surface area contributed by atoms with Crippen LogP contribution in [0.25, 0.3) is 10.9 Å². The van der Waals surface area contributed by atoms with E-state index in [1.54, 1.807) is 12.1 Å². The van der Waals surface area contributed by atoms with Crippen LogP contribution in [0.2, 0.25) is 10.0 Å². The number of H-pyrrole nitrogens is 1. The number of nitrogens with one attached hydrogen (secondary N) is 3. The van der Waals surface area contributed by atoms with Crippen molar-refractivity contribution in [3.05, 3.63) is 69.8 Å². The number of rotatable bonds is 7. The standard InChI is InChI=1S/C20H21Cl2N3O2/c21-13-6-7-14(18(22)10-13)16(12-25-20(27)23-8-3-9-26)17-11-24-19-5-2-1-4-15(17)19/h1-2,4-7,10-11,16,24,26H,3,8-9,12H2,(H2,23,25,27). The minimum atomic E-state index is -0.279. The van der Waals surface area contributed by atoms with Gasteiger partial charge in [0.15, 0.2) is 0 Å². The number of carbonyl (C=O) groups is 1. The molecule has 0 saturated carbocycles. The zero-order valence-electron chi connectivity index (χ0n) is 14.6. The van der Waals surface area contributed by atoms with Crippen molar-refractivity contribution < 1.29 is 9.90 Å². The van der Waals surface area contributed by atoms with Crippen LogP contribution in [0.3, 0.4) is 0 Å². The number of aliphatic hydroxyl groups is 1. The molecule has 1 aromatic heterocycles. The van der Waals surface area contributed by atoms with Gasteiger partial charge in [0.25, 0.3) is 0 Å². The summed E-state index contributed by atoms with van der Waals surface area (Å²) >= 11 is 12.5. The monoisotopic (exact) mass is 405 g/mol. The second-order valence-electron chi connectivity index (χ2n) is 6.22. The molecule has 0 fully saturated rings. The van der Waals surface area contributed by atoms with E-state index in [0.29, 0.717) is 29.6 Å². The van der Waals surface area contributed by atoms with Gasteiger partial charge in [-0.2, -0.15) is 0 Å². The summed E-state index contributed by atoms with van der Waals surface area (Å²) in [6, 6.07) is 13.1. The molecule has 0 aliphatic carbocycles. The van der Waals surface area contributed by atoms with E-state index in [1.165, 1.54) is 0 Å². The highest BCUT2D eigenvalue weighted by atomic mass is 35.5. The Balaban J connectivity index is 1.88. The number of hydrogen-bond acceptors (Lipinski definition) is 2. The predicted octanol–water partition coefficient (Wildman–Crippen LogP) is 4.29. The second-order valence-corrected chi connectivity index (χ2v) is 7.07. The summed E-state index contributed by atoms with van der Waals surface area (Å²) in [6.07, 6.45) is 2.47. The second kappa shape index (κ2) is 9.13. The first-order chi connectivity index (χ1) is 13.1. The van der Waals surface area contributed by atoms with E-state index in [1.807, 2.05) is 36.5 Å². The van der Waals surface area contributed by atoms with Crippen LogP contribution < -0.4 is 10.6 Å². The maximum absolute atomic E-state index is 12.1.